The Morgan fingerprint density at radius 3 is 2.92 bits per heavy atom. The van der Waals surface area contributed by atoms with E-state index in [2.05, 4.69) is 17.1 Å². The Bertz CT molecular complexity index is 778. The van der Waals surface area contributed by atoms with Crippen LogP contribution in [-0.4, -0.2) is 25.6 Å². The summed E-state index contributed by atoms with van der Waals surface area (Å²) in [5.41, 5.74) is 3.11. The van der Waals surface area contributed by atoms with Crippen molar-refractivity contribution in [2.24, 2.45) is 0 Å². The highest BCUT2D eigenvalue weighted by Gasteiger charge is 2.24. The van der Waals surface area contributed by atoms with E-state index in [4.69, 9.17) is 4.74 Å². The first-order chi connectivity index (χ1) is 12.6. The minimum absolute atomic E-state index is 0.0290. The third kappa shape index (κ3) is 4.15. The van der Waals surface area contributed by atoms with Crippen molar-refractivity contribution in [2.45, 2.75) is 38.8 Å². The van der Waals surface area contributed by atoms with Crippen LogP contribution in [0.15, 0.2) is 42.5 Å². The van der Waals surface area contributed by atoms with Gasteiger partial charge in [-0.05, 0) is 49.6 Å². The van der Waals surface area contributed by atoms with Gasteiger partial charge in [-0.3, -0.25) is 4.79 Å². The van der Waals surface area contributed by atoms with Crippen molar-refractivity contribution in [3.05, 3.63) is 59.4 Å². The van der Waals surface area contributed by atoms with Crippen LogP contribution in [0.25, 0.3) is 0 Å². The Hall–Kier alpha value is -2.56. The van der Waals surface area contributed by atoms with Gasteiger partial charge in [-0.2, -0.15) is 0 Å². The standard InChI is InChI=1S/C21H25FN2O2/c1-15(24-12-11-16-13-18(22)8-9-19(16)24)7-10-21(25)23-14-17-5-3-4-6-20(17)26-2/h3-6,8-9,13,15H,7,10-12,14H2,1-2H3,(H,23,25). The zero-order chi connectivity index (χ0) is 18.5. The molecule has 2 aromatic carbocycles. The quantitative estimate of drug-likeness (QED) is 0.823. The fraction of sp³-hybridized carbons (Fsp3) is 0.381. The second kappa shape index (κ2) is 8.21. The van der Waals surface area contributed by atoms with E-state index in [1.807, 2.05) is 30.3 Å². The Labute approximate surface area is 154 Å². The first-order valence-electron chi connectivity index (χ1n) is 9.02. The van der Waals surface area contributed by atoms with E-state index in [-0.39, 0.29) is 17.8 Å². The molecule has 0 saturated heterocycles. The SMILES string of the molecule is COc1ccccc1CNC(=O)CCC(C)N1CCc2cc(F)ccc21. The maximum Gasteiger partial charge on any atom is 0.220 e. The fourth-order valence-corrected chi connectivity index (χ4v) is 3.48. The van der Waals surface area contributed by atoms with Crippen molar-refractivity contribution >= 4 is 11.6 Å². The number of carbonyl (C=O) groups is 1. The van der Waals surface area contributed by atoms with Gasteiger partial charge < -0.3 is 15.0 Å². The molecule has 1 aliphatic heterocycles. The minimum atomic E-state index is -0.186. The lowest BCUT2D eigenvalue weighted by Gasteiger charge is -2.27. The number of para-hydroxylation sites is 1. The third-order valence-corrected chi connectivity index (χ3v) is 4.96. The number of nitrogens with one attached hydrogen (secondary N) is 1. The first kappa shape index (κ1) is 18.2. The molecule has 0 bridgehead atoms. The lowest BCUT2D eigenvalue weighted by atomic mass is 10.1. The van der Waals surface area contributed by atoms with Gasteiger partial charge in [0, 0.05) is 36.8 Å². The normalized spacial score (nSPS) is 14.0. The molecular weight excluding hydrogens is 331 g/mol. The number of amides is 1. The number of methoxy groups -OCH3 is 1. The molecule has 0 aromatic heterocycles. The van der Waals surface area contributed by atoms with Crippen LogP contribution in [0.3, 0.4) is 0 Å². The first-order valence-corrected chi connectivity index (χ1v) is 9.02. The average Bonchev–Trinajstić information content (AvgIpc) is 3.07. The highest BCUT2D eigenvalue weighted by atomic mass is 19.1. The molecule has 138 valence electrons. The summed E-state index contributed by atoms with van der Waals surface area (Å²) in [4.78, 5) is 14.5. The van der Waals surface area contributed by atoms with Crippen LogP contribution in [0.4, 0.5) is 10.1 Å². The van der Waals surface area contributed by atoms with Crippen molar-refractivity contribution < 1.29 is 13.9 Å². The Morgan fingerprint density at radius 1 is 1.31 bits per heavy atom. The van der Waals surface area contributed by atoms with Crippen molar-refractivity contribution in [1.82, 2.24) is 5.32 Å². The third-order valence-electron chi connectivity index (χ3n) is 4.96. The maximum atomic E-state index is 13.3. The van der Waals surface area contributed by atoms with Crippen LogP contribution < -0.4 is 15.0 Å². The topological polar surface area (TPSA) is 41.6 Å². The molecule has 2 aromatic rings. The van der Waals surface area contributed by atoms with Crippen LogP contribution in [0.1, 0.15) is 30.9 Å². The van der Waals surface area contributed by atoms with E-state index >= 15 is 0 Å². The molecule has 0 radical (unpaired) electrons. The zero-order valence-electron chi connectivity index (χ0n) is 15.3. The molecule has 26 heavy (non-hydrogen) atoms. The largest absolute Gasteiger partial charge is 0.496 e. The smallest absolute Gasteiger partial charge is 0.220 e. The summed E-state index contributed by atoms with van der Waals surface area (Å²) in [5.74, 6) is 0.623. The number of halogens is 1. The summed E-state index contributed by atoms with van der Waals surface area (Å²) in [6.07, 6.45) is 2.08. The van der Waals surface area contributed by atoms with Crippen molar-refractivity contribution in [3.8, 4) is 5.75 Å². The molecule has 5 heteroatoms. The molecule has 1 unspecified atom stereocenters. The molecule has 0 fully saturated rings. The van der Waals surface area contributed by atoms with Crippen LogP contribution in [0.2, 0.25) is 0 Å². The molecular formula is C21H25FN2O2. The summed E-state index contributed by atoms with van der Waals surface area (Å²) >= 11 is 0. The second-order valence-electron chi connectivity index (χ2n) is 6.69. The molecule has 1 amide bonds. The molecule has 1 aliphatic rings. The van der Waals surface area contributed by atoms with Crippen molar-refractivity contribution in [2.75, 3.05) is 18.6 Å². The van der Waals surface area contributed by atoms with E-state index in [9.17, 15) is 9.18 Å². The number of fused-ring (bicyclic) bond motifs is 1. The van der Waals surface area contributed by atoms with Gasteiger partial charge in [0.15, 0.2) is 0 Å². The molecule has 4 nitrogen and oxygen atoms in total. The molecule has 0 saturated carbocycles. The monoisotopic (exact) mass is 356 g/mol. The summed E-state index contributed by atoms with van der Waals surface area (Å²) < 4.78 is 18.6. The molecule has 1 heterocycles. The number of benzene rings is 2. The van der Waals surface area contributed by atoms with Crippen molar-refractivity contribution in [1.29, 1.82) is 0 Å². The van der Waals surface area contributed by atoms with E-state index in [1.54, 1.807) is 13.2 Å². The molecule has 3 rings (SSSR count). The highest BCUT2D eigenvalue weighted by molar-refractivity contribution is 5.76. The van der Waals surface area contributed by atoms with Crippen molar-refractivity contribution in [3.63, 3.8) is 0 Å². The zero-order valence-corrected chi connectivity index (χ0v) is 15.3. The highest BCUT2D eigenvalue weighted by Crippen LogP contribution is 2.31. The van der Waals surface area contributed by atoms with Gasteiger partial charge in [0.1, 0.15) is 11.6 Å². The number of rotatable bonds is 7. The number of nitrogens with zero attached hydrogens (tertiary/aromatic N) is 1. The molecule has 0 spiro atoms. The van der Waals surface area contributed by atoms with Crippen LogP contribution in [0.5, 0.6) is 5.75 Å². The van der Waals surface area contributed by atoms with Gasteiger partial charge in [-0.25, -0.2) is 4.39 Å². The van der Waals surface area contributed by atoms with E-state index in [1.165, 1.54) is 6.07 Å². The summed E-state index contributed by atoms with van der Waals surface area (Å²) in [6, 6.07) is 12.9. The summed E-state index contributed by atoms with van der Waals surface area (Å²) in [6.45, 7) is 3.46. The lowest BCUT2D eigenvalue weighted by molar-refractivity contribution is -0.121. The number of hydrogen-bond acceptors (Lipinski definition) is 3. The molecule has 1 N–H and O–H groups in total. The van der Waals surface area contributed by atoms with E-state index in [0.29, 0.717) is 13.0 Å². The van der Waals surface area contributed by atoms with Crippen LogP contribution >= 0.6 is 0 Å². The average molecular weight is 356 g/mol. The van der Waals surface area contributed by atoms with Crippen LogP contribution in [-0.2, 0) is 17.8 Å². The van der Waals surface area contributed by atoms with Gasteiger partial charge >= 0.3 is 0 Å². The number of ether oxygens (including phenoxy) is 1. The molecule has 0 aliphatic carbocycles. The minimum Gasteiger partial charge on any atom is -0.496 e. The number of hydrogen-bond donors (Lipinski definition) is 1. The second-order valence-corrected chi connectivity index (χ2v) is 6.69. The predicted octanol–water partition coefficient (Wildman–Crippen LogP) is 3.68. The van der Waals surface area contributed by atoms with Gasteiger partial charge in [0.05, 0.1) is 7.11 Å². The Morgan fingerprint density at radius 2 is 2.12 bits per heavy atom. The van der Waals surface area contributed by atoms with E-state index < -0.39 is 0 Å². The lowest BCUT2D eigenvalue weighted by Crippen LogP contribution is -2.33. The summed E-state index contributed by atoms with van der Waals surface area (Å²) in [5, 5.41) is 2.96. The van der Waals surface area contributed by atoms with Gasteiger partial charge in [0.2, 0.25) is 5.91 Å². The van der Waals surface area contributed by atoms with Crippen LogP contribution in [0, 0.1) is 5.82 Å². The predicted molar refractivity (Wildman–Crippen MR) is 101 cm³/mol. The Kier molecular flexibility index (Phi) is 5.76. The number of anilines is 1. The van der Waals surface area contributed by atoms with E-state index in [0.717, 1.165) is 42.0 Å². The number of carbonyl (C=O) groups excluding carboxylic acids is 1. The van der Waals surface area contributed by atoms with Gasteiger partial charge in [-0.15, -0.1) is 0 Å². The van der Waals surface area contributed by atoms with Gasteiger partial charge in [-0.1, -0.05) is 18.2 Å². The fourth-order valence-electron chi connectivity index (χ4n) is 3.48. The molecule has 1 atom stereocenters. The Balaban J connectivity index is 1.49. The maximum absolute atomic E-state index is 13.3. The summed E-state index contributed by atoms with van der Waals surface area (Å²) in [7, 11) is 1.63. The van der Waals surface area contributed by atoms with Gasteiger partial charge in [0.25, 0.3) is 0 Å².